The highest BCUT2D eigenvalue weighted by molar-refractivity contribution is 6.30. The summed E-state index contributed by atoms with van der Waals surface area (Å²) >= 11 is 5.92. The zero-order chi connectivity index (χ0) is 16.7. The van der Waals surface area contributed by atoms with Crippen LogP contribution in [0.2, 0.25) is 5.02 Å². The molecule has 0 spiro atoms. The Morgan fingerprint density at radius 1 is 1.48 bits per heavy atom. The number of carbonyl (C=O) groups is 2. The Morgan fingerprint density at radius 2 is 2.30 bits per heavy atom. The number of nitrogens with zero attached hydrogens (tertiary/aromatic N) is 1. The second kappa shape index (κ2) is 8.74. The lowest BCUT2D eigenvalue weighted by Gasteiger charge is -2.25. The summed E-state index contributed by atoms with van der Waals surface area (Å²) in [6.45, 7) is 1.44. The number of carbonyl (C=O) groups excluding carboxylic acids is 2. The number of methoxy groups -OCH3 is 1. The lowest BCUT2D eigenvalue weighted by molar-refractivity contribution is -0.140. The number of nitrogens with one attached hydrogen (secondary N) is 1. The Hall–Kier alpha value is -1.79. The minimum Gasteiger partial charge on any atom is -0.469 e. The van der Waals surface area contributed by atoms with Gasteiger partial charge in [0.1, 0.15) is 0 Å². The standard InChI is InChI=1S/C16H21ClN2O4/c1-22-15(20)7-8-19(11-14-6-3-9-23-14)16(21)18-13-5-2-4-12(17)10-13/h2,4-5,10,14H,3,6-9,11H2,1H3,(H,18,21). The summed E-state index contributed by atoms with van der Waals surface area (Å²) in [5.74, 6) is -0.349. The molecule has 1 saturated heterocycles. The van der Waals surface area contributed by atoms with Gasteiger partial charge in [-0.05, 0) is 31.0 Å². The van der Waals surface area contributed by atoms with E-state index in [4.69, 9.17) is 16.3 Å². The number of halogens is 1. The molecule has 0 radical (unpaired) electrons. The number of rotatable bonds is 6. The fourth-order valence-corrected chi connectivity index (χ4v) is 2.60. The van der Waals surface area contributed by atoms with Gasteiger partial charge in [-0.1, -0.05) is 17.7 Å². The largest absolute Gasteiger partial charge is 0.469 e. The summed E-state index contributed by atoms with van der Waals surface area (Å²) in [5, 5.41) is 3.34. The normalized spacial score (nSPS) is 16.9. The van der Waals surface area contributed by atoms with Gasteiger partial charge in [0.25, 0.3) is 0 Å². The number of benzene rings is 1. The molecule has 7 heteroatoms. The zero-order valence-corrected chi connectivity index (χ0v) is 13.8. The highest BCUT2D eigenvalue weighted by Crippen LogP contribution is 2.17. The maximum atomic E-state index is 12.5. The average molecular weight is 341 g/mol. The van der Waals surface area contributed by atoms with E-state index in [2.05, 4.69) is 10.1 Å². The Labute approximate surface area is 140 Å². The molecule has 126 valence electrons. The van der Waals surface area contributed by atoms with Gasteiger partial charge in [0.05, 0.1) is 19.6 Å². The third kappa shape index (κ3) is 5.73. The summed E-state index contributed by atoms with van der Waals surface area (Å²) in [4.78, 5) is 25.4. The van der Waals surface area contributed by atoms with Crippen molar-refractivity contribution in [1.82, 2.24) is 4.90 Å². The van der Waals surface area contributed by atoms with Gasteiger partial charge in [-0.3, -0.25) is 4.79 Å². The second-order valence-corrected chi connectivity index (χ2v) is 5.78. The van der Waals surface area contributed by atoms with Crippen molar-refractivity contribution in [3.05, 3.63) is 29.3 Å². The molecule has 6 nitrogen and oxygen atoms in total. The van der Waals surface area contributed by atoms with Crippen LogP contribution in [0.15, 0.2) is 24.3 Å². The Morgan fingerprint density at radius 3 is 2.96 bits per heavy atom. The fraction of sp³-hybridized carbons (Fsp3) is 0.500. The number of amides is 2. The van der Waals surface area contributed by atoms with Crippen LogP contribution in [0.3, 0.4) is 0 Å². The molecule has 1 heterocycles. The molecule has 1 aromatic rings. The first kappa shape index (κ1) is 17.6. The van der Waals surface area contributed by atoms with Crippen LogP contribution in [0.4, 0.5) is 10.5 Å². The molecule has 2 amide bonds. The van der Waals surface area contributed by atoms with E-state index in [0.717, 1.165) is 12.8 Å². The Balaban J connectivity index is 1.98. The van der Waals surface area contributed by atoms with Crippen molar-refractivity contribution in [3.63, 3.8) is 0 Å². The highest BCUT2D eigenvalue weighted by atomic mass is 35.5. The molecule has 1 unspecified atom stereocenters. The number of hydrogen-bond donors (Lipinski definition) is 1. The molecule has 0 bridgehead atoms. The van der Waals surface area contributed by atoms with Crippen molar-refractivity contribution in [2.24, 2.45) is 0 Å². The quantitative estimate of drug-likeness (QED) is 0.808. The van der Waals surface area contributed by atoms with Crippen molar-refractivity contribution in [3.8, 4) is 0 Å². The molecule has 1 aliphatic heterocycles. The Bertz CT molecular complexity index is 547. The molecule has 0 aromatic heterocycles. The number of ether oxygens (including phenoxy) is 2. The van der Waals surface area contributed by atoms with E-state index in [1.54, 1.807) is 29.2 Å². The van der Waals surface area contributed by atoms with Crippen LogP contribution in [-0.2, 0) is 14.3 Å². The van der Waals surface area contributed by atoms with Crippen LogP contribution >= 0.6 is 11.6 Å². The van der Waals surface area contributed by atoms with Crippen LogP contribution in [0.25, 0.3) is 0 Å². The molecule has 1 aliphatic rings. The van der Waals surface area contributed by atoms with Gasteiger partial charge in [0.2, 0.25) is 0 Å². The summed E-state index contributed by atoms with van der Waals surface area (Å²) in [5.41, 5.74) is 0.609. The summed E-state index contributed by atoms with van der Waals surface area (Å²) < 4.78 is 10.2. The number of esters is 1. The van der Waals surface area contributed by atoms with Crippen LogP contribution in [0.1, 0.15) is 19.3 Å². The van der Waals surface area contributed by atoms with Gasteiger partial charge in [-0.25, -0.2) is 4.79 Å². The number of hydrogen-bond acceptors (Lipinski definition) is 4. The Kier molecular flexibility index (Phi) is 6.67. The molecule has 1 fully saturated rings. The third-order valence-corrected chi connectivity index (χ3v) is 3.86. The van der Waals surface area contributed by atoms with Gasteiger partial charge in [-0.15, -0.1) is 0 Å². The topological polar surface area (TPSA) is 67.9 Å². The number of anilines is 1. The minimum absolute atomic E-state index is 0.0118. The molecular formula is C16H21ClN2O4. The predicted octanol–water partition coefficient (Wildman–Crippen LogP) is 2.92. The monoisotopic (exact) mass is 340 g/mol. The smallest absolute Gasteiger partial charge is 0.321 e. The van der Waals surface area contributed by atoms with Crippen LogP contribution < -0.4 is 5.32 Å². The molecule has 23 heavy (non-hydrogen) atoms. The maximum Gasteiger partial charge on any atom is 0.321 e. The van der Waals surface area contributed by atoms with Crippen LogP contribution in [-0.4, -0.2) is 49.8 Å². The van der Waals surface area contributed by atoms with E-state index in [1.165, 1.54) is 7.11 Å². The molecule has 0 saturated carbocycles. The zero-order valence-electron chi connectivity index (χ0n) is 13.1. The lowest BCUT2D eigenvalue weighted by atomic mass is 10.2. The molecular weight excluding hydrogens is 320 g/mol. The average Bonchev–Trinajstić information content (AvgIpc) is 3.04. The van der Waals surface area contributed by atoms with Gasteiger partial charge in [0, 0.05) is 30.4 Å². The van der Waals surface area contributed by atoms with E-state index < -0.39 is 0 Å². The second-order valence-electron chi connectivity index (χ2n) is 5.35. The van der Waals surface area contributed by atoms with Gasteiger partial charge >= 0.3 is 12.0 Å². The summed E-state index contributed by atoms with van der Waals surface area (Å²) in [6, 6.07) is 6.64. The predicted molar refractivity (Wildman–Crippen MR) is 87.7 cm³/mol. The fourth-order valence-electron chi connectivity index (χ4n) is 2.41. The highest BCUT2D eigenvalue weighted by Gasteiger charge is 2.23. The first-order valence-corrected chi connectivity index (χ1v) is 7.96. The SMILES string of the molecule is COC(=O)CCN(CC1CCCO1)C(=O)Nc1cccc(Cl)c1. The van der Waals surface area contributed by atoms with Crippen LogP contribution in [0, 0.1) is 0 Å². The minimum atomic E-state index is -0.349. The van der Waals surface area contributed by atoms with E-state index in [9.17, 15) is 9.59 Å². The van der Waals surface area contributed by atoms with Crippen molar-refractivity contribution in [2.45, 2.75) is 25.4 Å². The molecule has 0 aliphatic carbocycles. The summed E-state index contributed by atoms with van der Waals surface area (Å²) in [7, 11) is 1.33. The lowest BCUT2D eigenvalue weighted by Crippen LogP contribution is -2.41. The van der Waals surface area contributed by atoms with Crippen molar-refractivity contribution >= 4 is 29.3 Å². The van der Waals surface area contributed by atoms with Gasteiger partial charge in [-0.2, -0.15) is 0 Å². The van der Waals surface area contributed by atoms with Gasteiger partial charge in [0.15, 0.2) is 0 Å². The van der Waals surface area contributed by atoms with Crippen LogP contribution in [0.5, 0.6) is 0 Å². The van der Waals surface area contributed by atoms with Crippen molar-refractivity contribution in [2.75, 3.05) is 32.1 Å². The molecule has 1 atom stereocenters. The van der Waals surface area contributed by atoms with Crippen molar-refractivity contribution in [1.29, 1.82) is 0 Å². The third-order valence-electron chi connectivity index (χ3n) is 3.62. The van der Waals surface area contributed by atoms with E-state index in [-0.39, 0.29) is 31.1 Å². The van der Waals surface area contributed by atoms with E-state index in [1.807, 2.05) is 0 Å². The van der Waals surface area contributed by atoms with E-state index in [0.29, 0.717) is 23.9 Å². The van der Waals surface area contributed by atoms with Crippen molar-refractivity contribution < 1.29 is 19.1 Å². The summed E-state index contributed by atoms with van der Waals surface area (Å²) in [6.07, 6.45) is 2.06. The maximum absolute atomic E-state index is 12.5. The van der Waals surface area contributed by atoms with Gasteiger partial charge < -0.3 is 19.7 Å². The first-order chi connectivity index (χ1) is 11.1. The molecule has 1 aromatic carbocycles. The first-order valence-electron chi connectivity index (χ1n) is 7.58. The number of urea groups is 1. The molecule has 2 rings (SSSR count). The molecule has 1 N–H and O–H groups in total. The van der Waals surface area contributed by atoms with E-state index >= 15 is 0 Å².